The van der Waals surface area contributed by atoms with E-state index >= 15 is 0 Å². The monoisotopic (exact) mass is 705 g/mol. The van der Waals surface area contributed by atoms with Crippen LogP contribution in [0.4, 0.5) is 0 Å². The number of rotatable bonds is 5. The molecule has 0 radical (unpaired) electrons. The van der Waals surface area contributed by atoms with Gasteiger partial charge in [-0.25, -0.2) is 4.99 Å². The summed E-state index contributed by atoms with van der Waals surface area (Å²) in [6.07, 6.45) is -0.516. The lowest BCUT2D eigenvalue weighted by Crippen LogP contribution is -2.45. The fourth-order valence-electron chi connectivity index (χ4n) is 8.39. The Morgan fingerprint density at radius 1 is 0.418 bits per heavy atom. The van der Waals surface area contributed by atoms with Crippen LogP contribution in [0.3, 0.4) is 0 Å². The third-order valence-corrected chi connectivity index (χ3v) is 11.1. The molecule has 0 saturated carbocycles. The summed E-state index contributed by atoms with van der Waals surface area (Å²) in [5, 5.41) is 17.2. The maximum absolute atomic E-state index is 6.60. The third kappa shape index (κ3) is 5.46. The third-order valence-electron chi connectivity index (χ3n) is 11.1. The van der Waals surface area contributed by atoms with Crippen LogP contribution in [0.1, 0.15) is 29.0 Å². The van der Waals surface area contributed by atoms with E-state index in [1.54, 1.807) is 0 Å². The molecule has 2 atom stereocenters. The van der Waals surface area contributed by atoms with Crippen molar-refractivity contribution in [2.75, 3.05) is 0 Å². The molecule has 2 heterocycles. The summed E-state index contributed by atoms with van der Waals surface area (Å²) in [5.41, 5.74) is 9.60. The van der Waals surface area contributed by atoms with Crippen LogP contribution in [0.25, 0.3) is 76.5 Å². The van der Waals surface area contributed by atoms with E-state index in [1.807, 2.05) is 0 Å². The van der Waals surface area contributed by atoms with E-state index in [-0.39, 0.29) is 12.3 Å². The summed E-state index contributed by atoms with van der Waals surface area (Å²) in [6.45, 7) is 0. The molecule has 0 spiro atoms. The minimum absolute atomic E-state index is 0.217. The zero-order valence-corrected chi connectivity index (χ0v) is 29.9. The summed E-state index contributed by atoms with van der Waals surface area (Å²) in [6, 6.07) is 67.0. The first-order valence-corrected chi connectivity index (χ1v) is 18.8. The van der Waals surface area contributed by atoms with Gasteiger partial charge in [-0.15, -0.1) is 0 Å². The molecule has 2 N–H and O–H groups in total. The van der Waals surface area contributed by atoms with Gasteiger partial charge in [0, 0.05) is 16.3 Å². The first kappa shape index (κ1) is 31.5. The highest BCUT2D eigenvalue weighted by atomic mass is 16.3. The van der Waals surface area contributed by atoms with E-state index in [0.29, 0.717) is 0 Å². The number of hydrogen-bond donors (Lipinski definition) is 2. The van der Waals surface area contributed by atoms with Crippen LogP contribution in [0, 0.1) is 0 Å². The lowest BCUT2D eigenvalue weighted by Gasteiger charge is -2.32. The van der Waals surface area contributed by atoms with Crippen LogP contribution >= 0.6 is 0 Å². The minimum Gasteiger partial charge on any atom is -0.456 e. The van der Waals surface area contributed by atoms with Gasteiger partial charge in [-0.2, -0.15) is 0 Å². The van der Waals surface area contributed by atoms with Crippen molar-refractivity contribution in [2.45, 2.75) is 12.3 Å². The highest BCUT2D eigenvalue weighted by molar-refractivity contribution is 6.21. The summed E-state index contributed by atoms with van der Waals surface area (Å²) in [5.74, 6) is 0.822. The first-order chi connectivity index (χ1) is 27.2. The Morgan fingerprint density at radius 3 is 1.84 bits per heavy atom. The van der Waals surface area contributed by atoms with Crippen LogP contribution in [0.2, 0.25) is 0 Å². The number of aliphatic imine (C=N–C) groups is 1. The van der Waals surface area contributed by atoms with Crippen LogP contribution in [-0.4, -0.2) is 5.84 Å². The van der Waals surface area contributed by atoms with Crippen molar-refractivity contribution in [2.24, 2.45) is 4.99 Å². The second kappa shape index (κ2) is 12.8. The van der Waals surface area contributed by atoms with Gasteiger partial charge >= 0.3 is 0 Å². The van der Waals surface area contributed by atoms with Crippen LogP contribution in [0.5, 0.6) is 0 Å². The van der Waals surface area contributed by atoms with Gasteiger partial charge in [0.15, 0.2) is 0 Å². The lowest BCUT2D eigenvalue weighted by atomic mass is 9.95. The molecule has 0 amide bonds. The minimum atomic E-state index is -0.299. The van der Waals surface area contributed by atoms with Crippen molar-refractivity contribution in [1.82, 2.24) is 10.6 Å². The van der Waals surface area contributed by atoms with E-state index in [9.17, 15) is 0 Å². The van der Waals surface area contributed by atoms with Crippen molar-refractivity contribution in [3.63, 3.8) is 0 Å². The number of hydrogen-bond acceptors (Lipinski definition) is 4. The number of amidine groups is 1. The molecular weight excluding hydrogens is 671 g/mol. The molecule has 0 saturated heterocycles. The molecule has 0 aliphatic carbocycles. The highest BCUT2D eigenvalue weighted by Crippen LogP contribution is 2.40. The average molecular weight is 706 g/mol. The smallest absolute Gasteiger partial charge is 0.136 e. The van der Waals surface area contributed by atoms with Crippen molar-refractivity contribution in [3.05, 3.63) is 205 Å². The Labute approximate surface area is 318 Å². The lowest BCUT2D eigenvalue weighted by molar-refractivity contribution is 0.409. The highest BCUT2D eigenvalue weighted by Gasteiger charge is 2.28. The summed E-state index contributed by atoms with van der Waals surface area (Å²) in [4.78, 5) is 5.45. The van der Waals surface area contributed by atoms with Gasteiger partial charge in [-0.05, 0) is 90.0 Å². The van der Waals surface area contributed by atoms with Crippen molar-refractivity contribution in [1.29, 1.82) is 0 Å². The predicted molar refractivity (Wildman–Crippen MR) is 228 cm³/mol. The van der Waals surface area contributed by atoms with Gasteiger partial charge in [-0.1, -0.05) is 164 Å². The van der Waals surface area contributed by atoms with Gasteiger partial charge in [0.05, 0.1) is 0 Å². The van der Waals surface area contributed by atoms with E-state index < -0.39 is 0 Å². The van der Waals surface area contributed by atoms with Crippen molar-refractivity contribution in [3.8, 4) is 22.3 Å². The molecule has 260 valence electrons. The Kier molecular flexibility index (Phi) is 7.35. The number of nitrogens with one attached hydrogen (secondary N) is 2. The van der Waals surface area contributed by atoms with Crippen molar-refractivity contribution >= 4 is 60.1 Å². The number of fused-ring (bicyclic) bond motifs is 7. The van der Waals surface area contributed by atoms with E-state index in [2.05, 4.69) is 199 Å². The first-order valence-electron chi connectivity index (χ1n) is 18.8. The standard InChI is InChI=1S/C51H35N3O/c1-2-10-32(11-3-1)34-20-23-36(24-21-34)42-16-8-18-45-47(42)48-43(17-9-19-46(48)55-45)51-53-49(39-28-22-33-12-4-5-14-38(33)30-39)52-50(54-51)40-29-27-37-26-25-35-13-6-7-15-41(35)44(37)31-40/h1-31,49-50,52H,(H,53,54). The molecule has 1 aliphatic rings. The fraction of sp³-hybridized carbons (Fsp3) is 0.0392. The Balaban J connectivity index is 1.08. The zero-order valence-electron chi connectivity index (χ0n) is 29.9. The Bertz CT molecular complexity index is 3110. The summed E-state index contributed by atoms with van der Waals surface area (Å²) in [7, 11) is 0. The molecule has 0 fully saturated rings. The zero-order chi connectivity index (χ0) is 36.3. The maximum atomic E-state index is 6.60. The Hall–Kier alpha value is -7.01. The molecular formula is C51H35N3O. The molecule has 1 aromatic heterocycles. The van der Waals surface area contributed by atoms with Crippen molar-refractivity contribution < 1.29 is 4.42 Å². The summed E-state index contributed by atoms with van der Waals surface area (Å²) >= 11 is 0. The second-order valence-electron chi connectivity index (χ2n) is 14.4. The molecule has 11 rings (SSSR count). The Morgan fingerprint density at radius 2 is 1.02 bits per heavy atom. The van der Waals surface area contributed by atoms with Gasteiger partial charge in [0.2, 0.25) is 0 Å². The SMILES string of the molecule is c1ccc(-c2ccc(-c3cccc4oc5cccc(C6=NC(c7ccc8ccccc8c7)NC(c7ccc8ccc9ccccc9c8c7)N6)c5c34)cc2)cc1. The predicted octanol–water partition coefficient (Wildman–Crippen LogP) is 12.7. The largest absolute Gasteiger partial charge is 0.456 e. The summed E-state index contributed by atoms with van der Waals surface area (Å²) < 4.78 is 6.60. The fourth-order valence-corrected chi connectivity index (χ4v) is 8.39. The van der Waals surface area contributed by atoms with E-state index in [1.165, 1.54) is 43.4 Å². The van der Waals surface area contributed by atoms with Gasteiger partial charge in [0.25, 0.3) is 0 Å². The molecule has 55 heavy (non-hydrogen) atoms. The number of furan rings is 1. The van der Waals surface area contributed by atoms with Crippen LogP contribution in [-0.2, 0) is 0 Å². The number of benzene rings is 9. The molecule has 0 bridgehead atoms. The van der Waals surface area contributed by atoms with E-state index in [4.69, 9.17) is 9.41 Å². The molecule has 2 unspecified atom stereocenters. The normalized spacial score (nSPS) is 15.8. The van der Waals surface area contributed by atoms with Crippen LogP contribution < -0.4 is 10.6 Å². The topological polar surface area (TPSA) is 49.6 Å². The quantitative estimate of drug-likeness (QED) is 0.175. The molecule has 9 aromatic carbocycles. The molecule has 4 nitrogen and oxygen atoms in total. The number of nitrogens with zero attached hydrogens (tertiary/aromatic N) is 1. The van der Waals surface area contributed by atoms with Gasteiger partial charge in [0.1, 0.15) is 29.3 Å². The molecule has 4 heteroatoms. The van der Waals surface area contributed by atoms with Crippen LogP contribution in [0.15, 0.2) is 197 Å². The van der Waals surface area contributed by atoms with Gasteiger partial charge in [-0.3, -0.25) is 5.32 Å². The van der Waals surface area contributed by atoms with Gasteiger partial charge < -0.3 is 9.73 Å². The second-order valence-corrected chi connectivity index (χ2v) is 14.4. The van der Waals surface area contributed by atoms with E-state index in [0.717, 1.165) is 55.6 Å². The molecule has 1 aliphatic heterocycles. The average Bonchev–Trinajstić information content (AvgIpc) is 3.66. The molecule has 10 aromatic rings. The maximum Gasteiger partial charge on any atom is 0.136 e.